The Balaban J connectivity index is 1.57. The highest BCUT2D eigenvalue weighted by molar-refractivity contribution is 8.15. The van der Waals surface area contributed by atoms with Gasteiger partial charge in [-0.15, -0.1) is 11.8 Å². The fraction of sp³-hybridized carbons (Fsp3) is 0.562. The quantitative estimate of drug-likeness (QED) is 0.890. The van der Waals surface area contributed by atoms with E-state index < -0.39 is 0 Å². The average Bonchev–Trinajstić information content (AvgIpc) is 3.17. The Morgan fingerprint density at radius 2 is 2.05 bits per heavy atom. The third-order valence-corrected chi connectivity index (χ3v) is 6.23. The van der Waals surface area contributed by atoms with Crippen LogP contribution in [0.1, 0.15) is 18.4 Å². The van der Waals surface area contributed by atoms with Crippen molar-refractivity contribution in [2.24, 2.45) is 10.9 Å². The summed E-state index contributed by atoms with van der Waals surface area (Å²) in [4.78, 5) is 5.00. The summed E-state index contributed by atoms with van der Waals surface area (Å²) in [6.45, 7) is 1.07. The maximum absolute atomic E-state index is 5.41. The molecule has 0 bridgehead atoms. The Morgan fingerprint density at radius 3 is 2.86 bits per heavy atom. The van der Waals surface area contributed by atoms with Crippen LogP contribution in [0.25, 0.3) is 0 Å². The predicted molar refractivity (Wildman–Crippen MR) is 88.9 cm³/mol. The number of hydrogen-bond acceptors (Lipinski definition) is 6. The normalized spacial score (nSPS) is 33.1. The maximum Gasteiger partial charge on any atom is 0.161 e. The number of hydrazine groups is 1. The summed E-state index contributed by atoms with van der Waals surface area (Å²) < 4.78 is 10.7. The molecule has 2 N–H and O–H groups in total. The SMILES string of the molecule is COc1ccc(C2=NC3CC4CNNC4CC3S2)cc1OC. The van der Waals surface area contributed by atoms with Gasteiger partial charge < -0.3 is 9.47 Å². The molecule has 0 radical (unpaired) electrons. The highest BCUT2D eigenvalue weighted by Gasteiger charge is 2.43. The van der Waals surface area contributed by atoms with Gasteiger partial charge >= 0.3 is 0 Å². The molecule has 1 aliphatic carbocycles. The molecule has 4 rings (SSSR count). The van der Waals surface area contributed by atoms with E-state index in [1.54, 1.807) is 14.2 Å². The van der Waals surface area contributed by atoms with Crippen molar-refractivity contribution in [3.63, 3.8) is 0 Å². The van der Waals surface area contributed by atoms with Crippen LogP contribution in [0.15, 0.2) is 23.2 Å². The zero-order valence-electron chi connectivity index (χ0n) is 12.8. The van der Waals surface area contributed by atoms with Crippen LogP contribution in [-0.4, -0.2) is 43.1 Å². The molecule has 0 amide bonds. The van der Waals surface area contributed by atoms with Crippen molar-refractivity contribution >= 4 is 16.8 Å². The van der Waals surface area contributed by atoms with Crippen LogP contribution in [0.3, 0.4) is 0 Å². The molecule has 4 atom stereocenters. The minimum absolute atomic E-state index is 0.455. The molecule has 1 saturated carbocycles. The van der Waals surface area contributed by atoms with Gasteiger partial charge in [0.25, 0.3) is 0 Å². The molecule has 2 fully saturated rings. The van der Waals surface area contributed by atoms with Crippen LogP contribution in [0.5, 0.6) is 11.5 Å². The second-order valence-electron chi connectivity index (χ2n) is 6.09. The van der Waals surface area contributed by atoms with Crippen molar-refractivity contribution in [2.45, 2.75) is 30.2 Å². The molecule has 5 nitrogen and oxygen atoms in total. The molecule has 1 aromatic carbocycles. The van der Waals surface area contributed by atoms with Gasteiger partial charge in [-0.05, 0) is 37.0 Å². The van der Waals surface area contributed by atoms with Crippen molar-refractivity contribution in [1.82, 2.24) is 10.9 Å². The first kappa shape index (κ1) is 14.4. The first-order chi connectivity index (χ1) is 10.8. The lowest BCUT2D eigenvalue weighted by Gasteiger charge is -2.31. The van der Waals surface area contributed by atoms with Gasteiger partial charge in [0, 0.05) is 23.4 Å². The van der Waals surface area contributed by atoms with Gasteiger partial charge in [-0.1, -0.05) is 0 Å². The van der Waals surface area contributed by atoms with Crippen molar-refractivity contribution in [2.75, 3.05) is 20.8 Å². The Morgan fingerprint density at radius 1 is 1.18 bits per heavy atom. The first-order valence-electron chi connectivity index (χ1n) is 7.73. The fourth-order valence-corrected chi connectivity index (χ4v) is 5.03. The number of methoxy groups -OCH3 is 2. The molecule has 118 valence electrons. The van der Waals surface area contributed by atoms with E-state index in [2.05, 4.69) is 16.9 Å². The second kappa shape index (κ2) is 5.76. The van der Waals surface area contributed by atoms with E-state index >= 15 is 0 Å². The molecular weight excluding hydrogens is 298 g/mol. The molecular formula is C16H21N3O2S. The molecule has 22 heavy (non-hydrogen) atoms. The lowest BCUT2D eigenvalue weighted by molar-refractivity contribution is 0.315. The lowest BCUT2D eigenvalue weighted by atomic mass is 9.83. The van der Waals surface area contributed by atoms with Gasteiger partial charge in [0.05, 0.1) is 25.3 Å². The Labute approximate surface area is 134 Å². The van der Waals surface area contributed by atoms with Gasteiger partial charge in [0.15, 0.2) is 11.5 Å². The largest absolute Gasteiger partial charge is 0.493 e. The van der Waals surface area contributed by atoms with E-state index in [-0.39, 0.29) is 0 Å². The number of nitrogens with zero attached hydrogens (tertiary/aromatic N) is 1. The number of fused-ring (bicyclic) bond motifs is 2. The summed E-state index contributed by atoms with van der Waals surface area (Å²) in [5.41, 5.74) is 7.83. The summed E-state index contributed by atoms with van der Waals surface area (Å²) >= 11 is 1.92. The molecule has 2 heterocycles. The Kier molecular flexibility index (Phi) is 3.76. The topological polar surface area (TPSA) is 54.9 Å². The first-order valence-corrected chi connectivity index (χ1v) is 8.61. The number of thioether (sulfide) groups is 1. The van der Waals surface area contributed by atoms with Crippen molar-refractivity contribution < 1.29 is 9.47 Å². The average molecular weight is 319 g/mol. The summed E-state index contributed by atoms with van der Waals surface area (Å²) in [5.74, 6) is 2.24. The molecule has 1 saturated heterocycles. The number of aliphatic imine (C=N–C) groups is 1. The van der Waals surface area contributed by atoms with Gasteiger partial charge in [-0.3, -0.25) is 15.8 Å². The van der Waals surface area contributed by atoms with E-state index in [0.717, 1.165) is 34.6 Å². The van der Waals surface area contributed by atoms with Crippen LogP contribution in [0, 0.1) is 5.92 Å². The van der Waals surface area contributed by atoms with Gasteiger partial charge in [0.1, 0.15) is 0 Å². The Bertz CT molecular complexity index is 607. The zero-order valence-corrected chi connectivity index (χ0v) is 13.7. The van der Waals surface area contributed by atoms with E-state index in [1.165, 1.54) is 12.8 Å². The number of hydrogen-bond donors (Lipinski definition) is 2. The molecule has 6 heteroatoms. The molecule has 4 unspecified atom stereocenters. The van der Waals surface area contributed by atoms with Crippen LogP contribution < -0.4 is 20.3 Å². The van der Waals surface area contributed by atoms with Gasteiger partial charge in [-0.25, -0.2) is 0 Å². The van der Waals surface area contributed by atoms with Gasteiger partial charge in [-0.2, -0.15) is 0 Å². The minimum Gasteiger partial charge on any atom is -0.493 e. The molecule has 1 aromatic rings. The van der Waals surface area contributed by atoms with Crippen molar-refractivity contribution in [1.29, 1.82) is 0 Å². The molecule has 0 aromatic heterocycles. The number of ether oxygens (including phenoxy) is 2. The van der Waals surface area contributed by atoms with Crippen LogP contribution >= 0.6 is 11.8 Å². The van der Waals surface area contributed by atoms with E-state index in [4.69, 9.17) is 14.5 Å². The standard InChI is InChI=1S/C16H21N3O2S/c1-20-13-4-3-9(6-14(13)21-2)16-18-12-5-10-8-17-19-11(10)7-15(12)22-16/h3-4,6,10-12,15,17,19H,5,7-8H2,1-2H3. The van der Waals surface area contributed by atoms with Crippen LogP contribution in [-0.2, 0) is 0 Å². The van der Waals surface area contributed by atoms with Crippen molar-refractivity contribution in [3.05, 3.63) is 23.8 Å². The lowest BCUT2D eigenvalue weighted by Crippen LogP contribution is -2.41. The van der Waals surface area contributed by atoms with Crippen LogP contribution in [0.4, 0.5) is 0 Å². The summed E-state index contributed by atoms with van der Waals surface area (Å²) in [5, 5.41) is 1.74. The monoisotopic (exact) mass is 319 g/mol. The second-order valence-corrected chi connectivity index (χ2v) is 7.32. The highest BCUT2D eigenvalue weighted by Crippen LogP contribution is 2.42. The molecule has 2 aliphatic heterocycles. The highest BCUT2D eigenvalue weighted by atomic mass is 32.2. The number of benzene rings is 1. The van der Waals surface area contributed by atoms with Crippen molar-refractivity contribution in [3.8, 4) is 11.5 Å². The summed E-state index contributed by atoms with van der Waals surface area (Å²) in [7, 11) is 3.33. The van der Waals surface area contributed by atoms with E-state index in [9.17, 15) is 0 Å². The smallest absolute Gasteiger partial charge is 0.161 e. The van der Waals surface area contributed by atoms with Crippen LogP contribution in [0.2, 0.25) is 0 Å². The number of nitrogens with one attached hydrogen (secondary N) is 2. The molecule has 3 aliphatic rings. The summed E-state index contributed by atoms with van der Waals surface area (Å²) in [6, 6.07) is 7.12. The van der Waals surface area contributed by atoms with E-state index in [1.807, 2.05) is 23.9 Å². The maximum atomic E-state index is 5.41. The van der Waals surface area contributed by atoms with E-state index in [0.29, 0.717) is 17.3 Å². The minimum atomic E-state index is 0.455. The third kappa shape index (κ3) is 2.39. The predicted octanol–water partition coefficient (Wildman–Crippen LogP) is 1.82. The summed E-state index contributed by atoms with van der Waals surface area (Å²) in [6.07, 6.45) is 2.37. The Hall–Kier alpha value is -1.24. The fourth-order valence-electron chi connectivity index (χ4n) is 3.65. The van der Waals surface area contributed by atoms with Gasteiger partial charge in [0.2, 0.25) is 0 Å². The molecule has 0 spiro atoms. The zero-order chi connectivity index (χ0) is 15.1. The third-order valence-electron chi connectivity index (χ3n) is 4.86. The number of rotatable bonds is 3.